The molecule has 0 bridgehead atoms. The number of alkyl halides is 3. The second-order valence-corrected chi connectivity index (χ2v) is 8.66. The third-order valence-corrected chi connectivity index (χ3v) is 7.47. The smallest absolute Gasteiger partial charge is 0.406 e. The molecule has 0 N–H and O–H groups in total. The van der Waals surface area contributed by atoms with Crippen LogP contribution in [-0.2, 0) is 9.30 Å². The number of allylic oxidation sites excluding steroid dienone is 3. The van der Waals surface area contributed by atoms with Crippen molar-refractivity contribution in [1.82, 2.24) is 0 Å². The molecule has 0 heterocycles. The van der Waals surface area contributed by atoms with Crippen LogP contribution in [0.15, 0.2) is 84.7 Å². The Hall–Kier alpha value is -2.26. The van der Waals surface area contributed by atoms with Crippen LogP contribution in [0.3, 0.4) is 0 Å². The molecule has 3 rings (SSSR count). The fourth-order valence-electron chi connectivity index (χ4n) is 2.90. The second kappa shape index (κ2) is 6.93. The molecule has 2 aromatic rings. The largest absolute Gasteiger partial charge is 0.573 e. The molecule has 0 amide bonds. The van der Waals surface area contributed by atoms with Crippen LogP contribution in [0.1, 0.15) is 6.42 Å². The highest BCUT2D eigenvalue weighted by Crippen LogP contribution is 2.51. The van der Waals surface area contributed by atoms with Crippen molar-refractivity contribution < 1.29 is 22.5 Å². The maximum atomic E-state index is 14.0. The summed E-state index contributed by atoms with van der Waals surface area (Å²) in [6.45, 7) is 0. The summed E-state index contributed by atoms with van der Waals surface area (Å²) < 4.78 is 55.0. The van der Waals surface area contributed by atoms with Gasteiger partial charge in [-0.2, -0.15) is 0 Å². The van der Waals surface area contributed by atoms with Gasteiger partial charge in [-0.1, -0.05) is 66.7 Å². The van der Waals surface area contributed by atoms with Crippen molar-refractivity contribution in [3.63, 3.8) is 0 Å². The van der Waals surface area contributed by atoms with E-state index in [1.54, 1.807) is 30.3 Å². The van der Waals surface area contributed by atoms with E-state index in [2.05, 4.69) is 4.74 Å². The van der Waals surface area contributed by atoms with Gasteiger partial charge in [-0.05, 0) is 18.6 Å². The lowest BCUT2D eigenvalue weighted by Gasteiger charge is -2.28. The predicted molar refractivity (Wildman–Crippen MR) is 92.5 cm³/mol. The minimum absolute atomic E-state index is 0.211. The summed E-state index contributed by atoms with van der Waals surface area (Å²) in [4.78, 5) is 0. The molecule has 1 aliphatic rings. The zero-order valence-corrected chi connectivity index (χ0v) is 14.1. The maximum absolute atomic E-state index is 14.0. The zero-order chi connectivity index (χ0) is 17.9. The van der Waals surface area contributed by atoms with Gasteiger partial charge in [-0.25, -0.2) is 0 Å². The molecule has 2 nitrogen and oxygen atoms in total. The Kier molecular flexibility index (Phi) is 4.87. The molecular weight excluding hydrogens is 348 g/mol. The first-order chi connectivity index (χ1) is 11.9. The van der Waals surface area contributed by atoms with Crippen molar-refractivity contribution >= 4 is 17.8 Å². The van der Waals surface area contributed by atoms with Crippen LogP contribution in [0, 0.1) is 0 Å². The number of halogens is 3. The van der Waals surface area contributed by atoms with E-state index in [-0.39, 0.29) is 12.2 Å². The fraction of sp³-hybridized carbons (Fsp3) is 0.158. The van der Waals surface area contributed by atoms with Crippen LogP contribution in [0.5, 0.6) is 0 Å². The summed E-state index contributed by atoms with van der Waals surface area (Å²) in [6, 6.07) is 18.1. The molecule has 1 aliphatic carbocycles. The van der Waals surface area contributed by atoms with E-state index in [1.807, 2.05) is 36.4 Å². The molecule has 0 saturated carbocycles. The summed E-state index contributed by atoms with van der Waals surface area (Å²) >= 11 is 0. The van der Waals surface area contributed by atoms with Crippen molar-refractivity contribution in [3.8, 4) is 0 Å². The highest BCUT2D eigenvalue weighted by atomic mass is 31.2. The van der Waals surface area contributed by atoms with Crippen LogP contribution in [0.2, 0.25) is 0 Å². The summed E-state index contributed by atoms with van der Waals surface area (Å²) in [5, 5.41) is 1.37. The third kappa shape index (κ3) is 3.88. The maximum Gasteiger partial charge on any atom is 0.573 e. The number of ether oxygens (including phenoxy) is 1. The molecule has 0 saturated heterocycles. The van der Waals surface area contributed by atoms with Gasteiger partial charge in [0.25, 0.3) is 0 Å². The molecular formula is C19H16F3O2P. The van der Waals surface area contributed by atoms with Gasteiger partial charge in [-0.3, -0.25) is 0 Å². The number of hydrogen-bond donors (Lipinski definition) is 0. The monoisotopic (exact) mass is 364 g/mol. The Morgan fingerprint density at radius 2 is 1.44 bits per heavy atom. The van der Waals surface area contributed by atoms with Gasteiger partial charge in [0.1, 0.15) is 12.9 Å². The van der Waals surface area contributed by atoms with Crippen LogP contribution < -0.4 is 10.6 Å². The Morgan fingerprint density at radius 1 is 0.920 bits per heavy atom. The lowest BCUT2D eigenvalue weighted by Crippen LogP contribution is -2.25. The van der Waals surface area contributed by atoms with Crippen molar-refractivity contribution in [1.29, 1.82) is 0 Å². The van der Waals surface area contributed by atoms with E-state index in [9.17, 15) is 17.7 Å². The van der Waals surface area contributed by atoms with E-state index >= 15 is 0 Å². The van der Waals surface area contributed by atoms with Gasteiger partial charge in [0, 0.05) is 16.3 Å². The first-order valence-electron chi connectivity index (χ1n) is 7.75. The zero-order valence-electron chi connectivity index (χ0n) is 13.2. The highest BCUT2D eigenvalue weighted by molar-refractivity contribution is 7.79. The standard InChI is InChI=1S/C19H16F3O2P/c20-19(21,22)24-15-11-13-18(14-12-15)25(23,16-7-3-1-4-8-16)17-9-5-2-6-10-17/h1-13,18H,14H2. The Morgan fingerprint density at radius 3 is 1.84 bits per heavy atom. The first-order valence-corrected chi connectivity index (χ1v) is 9.52. The Bertz CT molecular complexity index is 783. The molecule has 2 aromatic carbocycles. The summed E-state index contributed by atoms with van der Waals surface area (Å²) in [6.07, 6.45) is -0.368. The number of benzene rings is 2. The molecule has 1 atom stereocenters. The molecule has 0 fully saturated rings. The summed E-state index contributed by atoms with van der Waals surface area (Å²) in [5.41, 5.74) is -0.419. The minimum atomic E-state index is -4.73. The highest BCUT2D eigenvalue weighted by Gasteiger charge is 2.37. The van der Waals surface area contributed by atoms with Crippen LogP contribution in [0.25, 0.3) is 0 Å². The SMILES string of the molecule is O=P(c1ccccc1)(c1ccccc1)C1C=CC(OC(F)(F)F)=CC1. The average molecular weight is 364 g/mol. The van der Waals surface area contributed by atoms with E-state index in [4.69, 9.17) is 0 Å². The van der Waals surface area contributed by atoms with Gasteiger partial charge in [0.2, 0.25) is 0 Å². The number of hydrogen-bond acceptors (Lipinski definition) is 2. The van der Waals surface area contributed by atoms with Crippen molar-refractivity contribution in [2.75, 3.05) is 0 Å². The molecule has 130 valence electrons. The summed E-state index contributed by atoms with van der Waals surface area (Å²) in [7, 11) is -3.05. The van der Waals surface area contributed by atoms with Crippen LogP contribution in [-0.4, -0.2) is 12.0 Å². The van der Waals surface area contributed by atoms with E-state index in [0.29, 0.717) is 10.6 Å². The lowest BCUT2D eigenvalue weighted by molar-refractivity contribution is -0.303. The number of rotatable bonds is 4. The Labute approximate surface area is 144 Å². The van der Waals surface area contributed by atoms with E-state index in [0.717, 1.165) is 0 Å². The van der Waals surface area contributed by atoms with Crippen molar-refractivity contribution in [2.24, 2.45) is 0 Å². The normalized spacial score (nSPS) is 17.9. The molecule has 0 radical (unpaired) electrons. The fourth-order valence-corrected chi connectivity index (χ4v) is 5.92. The first kappa shape index (κ1) is 17.6. The van der Waals surface area contributed by atoms with Gasteiger partial charge in [-0.15, -0.1) is 13.2 Å². The van der Waals surface area contributed by atoms with Crippen LogP contribution >= 0.6 is 7.14 Å². The molecule has 6 heteroatoms. The third-order valence-electron chi connectivity index (χ3n) is 4.02. The second-order valence-electron chi connectivity index (χ2n) is 5.65. The van der Waals surface area contributed by atoms with Crippen molar-refractivity contribution in [3.05, 3.63) is 84.7 Å². The van der Waals surface area contributed by atoms with Gasteiger partial charge >= 0.3 is 6.36 Å². The predicted octanol–water partition coefficient (Wildman–Crippen LogP) is 4.75. The van der Waals surface area contributed by atoms with E-state index in [1.165, 1.54) is 12.2 Å². The molecule has 25 heavy (non-hydrogen) atoms. The minimum Gasteiger partial charge on any atom is -0.406 e. The lowest BCUT2D eigenvalue weighted by atomic mass is 10.2. The van der Waals surface area contributed by atoms with Crippen LogP contribution in [0.4, 0.5) is 13.2 Å². The molecule has 0 spiro atoms. The van der Waals surface area contributed by atoms with E-state index < -0.39 is 19.2 Å². The summed E-state index contributed by atoms with van der Waals surface area (Å²) in [5.74, 6) is -0.267. The van der Waals surface area contributed by atoms with Crippen molar-refractivity contribution in [2.45, 2.75) is 18.4 Å². The topological polar surface area (TPSA) is 26.3 Å². The molecule has 1 unspecified atom stereocenters. The quantitative estimate of drug-likeness (QED) is 0.732. The van der Waals surface area contributed by atoms with Gasteiger partial charge < -0.3 is 9.30 Å². The average Bonchev–Trinajstić information content (AvgIpc) is 2.62. The molecule has 0 aliphatic heterocycles. The van der Waals surface area contributed by atoms with Gasteiger partial charge in [0.15, 0.2) is 0 Å². The molecule has 0 aromatic heterocycles. The Balaban J connectivity index is 1.96. The van der Waals surface area contributed by atoms with Gasteiger partial charge in [0.05, 0.1) is 0 Å².